The van der Waals surface area contributed by atoms with Crippen LogP contribution in [0.4, 0.5) is 0 Å². The van der Waals surface area contributed by atoms with E-state index in [-0.39, 0.29) is 36.6 Å². The third-order valence-electron chi connectivity index (χ3n) is 4.37. The maximum atomic E-state index is 10.1. The van der Waals surface area contributed by atoms with Crippen molar-refractivity contribution in [1.29, 1.82) is 0 Å². The van der Waals surface area contributed by atoms with Gasteiger partial charge in [0, 0.05) is 24.9 Å². The molecule has 0 fully saturated rings. The van der Waals surface area contributed by atoms with Gasteiger partial charge in [-0.25, -0.2) is 9.67 Å². The van der Waals surface area contributed by atoms with E-state index in [0.29, 0.717) is 17.6 Å². The van der Waals surface area contributed by atoms with Crippen molar-refractivity contribution < 1.29 is 9.52 Å². The fraction of sp³-hybridized carbons (Fsp3) is 0.611. The summed E-state index contributed by atoms with van der Waals surface area (Å²) >= 11 is 0. The summed E-state index contributed by atoms with van der Waals surface area (Å²) in [4.78, 5) is 9.11. The third-order valence-corrected chi connectivity index (χ3v) is 4.37. The molecule has 0 saturated carbocycles. The molecule has 0 saturated heterocycles. The maximum Gasteiger partial charge on any atom is 0.191 e. The molecule has 0 aliphatic carbocycles. The van der Waals surface area contributed by atoms with Crippen molar-refractivity contribution in [3.63, 3.8) is 0 Å². The lowest BCUT2D eigenvalue weighted by molar-refractivity contribution is 0.158. The van der Waals surface area contributed by atoms with Gasteiger partial charge in [-0.15, -0.1) is 24.0 Å². The van der Waals surface area contributed by atoms with E-state index >= 15 is 0 Å². The van der Waals surface area contributed by atoms with Gasteiger partial charge in [-0.2, -0.15) is 5.10 Å². The molecule has 1 aliphatic heterocycles. The first kappa shape index (κ1) is 21.7. The molecule has 2 aromatic rings. The monoisotopic (exact) mass is 488 g/mol. The van der Waals surface area contributed by atoms with Gasteiger partial charge in [0.05, 0.1) is 19.4 Å². The molecule has 3 N–H and O–H groups in total. The summed E-state index contributed by atoms with van der Waals surface area (Å²) in [5, 5.41) is 21.4. The quantitative estimate of drug-likeness (QED) is 0.328. The van der Waals surface area contributed by atoms with Crippen LogP contribution in [0.15, 0.2) is 27.8 Å². The Morgan fingerprint density at radius 1 is 1.48 bits per heavy atom. The van der Waals surface area contributed by atoms with Crippen LogP contribution < -0.4 is 10.6 Å². The predicted molar refractivity (Wildman–Crippen MR) is 114 cm³/mol. The van der Waals surface area contributed by atoms with Gasteiger partial charge in [0.25, 0.3) is 0 Å². The normalized spacial score (nSPS) is 18.0. The first-order valence-corrected chi connectivity index (χ1v) is 9.26. The van der Waals surface area contributed by atoms with E-state index < -0.39 is 6.10 Å². The molecule has 2 aromatic heterocycles. The van der Waals surface area contributed by atoms with Gasteiger partial charge in [-0.05, 0) is 25.5 Å². The highest BCUT2D eigenvalue weighted by atomic mass is 127. The topological polar surface area (TPSA) is 100 Å². The van der Waals surface area contributed by atoms with Crippen molar-refractivity contribution in [2.75, 3.05) is 13.1 Å². The summed E-state index contributed by atoms with van der Waals surface area (Å²) in [6, 6.07) is 3.73. The minimum absolute atomic E-state index is 0. The Kier molecular flexibility index (Phi) is 8.08. The second kappa shape index (κ2) is 10.1. The summed E-state index contributed by atoms with van der Waals surface area (Å²) in [5.41, 5.74) is 0. The van der Waals surface area contributed by atoms with Gasteiger partial charge < -0.3 is 20.2 Å². The van der Waals surface area contributed by atoms with Crippen LogP contribution in [-0.2, 0) is 13.0 Å². The number of aryl methyl sites for hydroxylation is 1. The van der Waals surface area contributed by atoms with Crippen LogP contribution in [0.3, 0.4) is 0 Å². The summed E-state index contributed by atoms with van der Waals surface area (Å²) < 4.78 is 7.22. The summed E-state index contributed by atoms with van der Waals surface area (Å²) in [7, 11) is 0. The van der Waals surface area contributed by atoms with E-state index in [1.165, 1.54) is 0 Å². The Bertz CT molecular complexity index is 728. The number of aliphatic hydroxyl groups excluding tert-OH is 1. The number of aliphatic imine (C=N–C) groups is 1. The number of furan rings is 1. The van der Waals surface area contributed by atoms with E-state index in [2.05, 4.69) is 39.6 Å². The van der Waals surface area contributed by atoms with Crippen molar-refractivity contribution in [3.8, 4) is 0 Å². The van der Waals surface area contributed by atoms with Crippen LogP contribution in [0.25, 0.3) is 0 Å². The van der Waals surface area contributed by atoms with Crippen LogP contribution in [0.2, 0.25) is 0 Å². The Balaban J connectivity index is 0.00000261. The van der Waals surface area contributed by atoms with E-state index in [4.69, 9.17) is 4.42 Å². The molecule has 3 heterocycles. The number of hydrogen-bond donors (Lipinski definition) is 3. The van der Waals surface area contributed by atoms with Crippen molar-refractivity contribution in [2.45, 2.75) is 58.2 Å². The smallest absolute Gasteiger partial charge is 0.191 e. The van der Waals surface area contributed by atoms with Crippen LogP contribution >= 0.6 is 24.0 Å². The van der Waals surface area contributed by atoms with Gasteiger partial charge in [-0.3, -0.25) is 4.99 Å². The molecule has 9 heteroatoms. The van der Waals surface area contributed by atoms with E-state index in [1.807, 2.05) is 11.6 Å². The highest BCUT2D eigenvalue weighted by Gasteiger charge is 2.23. The molecular formula is C18H29IN6O2. The van der Waals surface area contributed by atoms with E-state index in [0.717, 1.165) is 37.6 Å². The highest BCUT2D eigenvalue weighted by molar-refractivity contribution is 14.0. The Morgan fingerprint density at radius 3 is 2.96 bits per heavy atom. The van der Waals surface area contributed by atoms with Crippen molar-refractivity contribution >= 4 is 29.9 Å². The standard InChI is InChI=1S/C18H28N6O2.HI/c1-4-19-18(20-10-14(25)15-6-5-9-26-15)21-13-7-8-16-22-17(12(2)3)23-24(16)11-13;/h5-6,9,12-14,25H,4,7-8,10-11H2,1-3H3,(H2,19,20,21);1H. The minimum Gasteiger partial charge on any atom is -0.467 e. The van der Waals surface area contributed by atoms with Gasteiger partial charge in [0.15, 0.2) is 11.8 Å². The predicted octanol–water partition coefficient (Wildman–Crippen LogP) is 2.22. The number of aliphatic hydroxyl groups is 1. The van der Waals surface area contributed by atoms with Crippen molar-refractivity contribution in [1.82, 2.24) is 25.4 Å². The fourth-order valence-corrected chi connectivity index (χ4v) is 2.95. The van der Waals surface area contributed by atoms with E-state index in [1.54, 1.807) is 18.4 Å². The number of nitrogens with zero attached hydrogens (tertiary/aromatic N) is 4. The van der Waals surface area contributed by atoms with Gasteiger partial charge in [0.2, 0.25) is 0 Å². The average molecular weight is 488 g/mol. The lowest BCUT2D eigenvalue weighted by Crippen LogP contribution is -2.47. The molecule has 0 aromatic carbocycles. The molecule has 27 heavy (non-hydrogen) atoms. The van der Waals surface area contributed by atoms with Crippen LogP contribution in [0.5, 0.6) is 0 Å². The zero-order valence-corrected chi connectivity index (χ0v) is 18.4. The summed E-state index contributed by atoms with van der Waals surface area (Å²) in [6.45, 7) is 7.99. The molecule has 0 amide bonds. The number of halogens is 1. The minimum atomic E-state index is -0.748. The van der Waals surface area contributed by atoms with Gasteiger partial charge in [-0.1, -0.05) is 13.8 Å². The molecule has 2 unspecified atom stereocenters. The molecule has 0 bridgehead atoms. The molecular weight excluding hydrogens is 459 g/mol. The molecule has 3 rings (SSSR count). The number of hydrogen-bond acceptors (Lipinski definition) is 5. The van der Waals surface area contributed by atoms with Crippen LogP contribution in [0.1, 0.15) is 56.6 Å². The SMILES string of the molecule is CCNC(=NCC(O)c1ccco1)NC1CCc2nc(C(C)C)nn2C1.I. The van der Waals surface area contributed by atoms with Crippen LogP contribution in [-0.4, -0.2) is 45.0 Å². The first-order valence-electron chi connectivity index (χ1n) is 9.26. The zero-order chi connectivity index (χ0) is 18.5. The number of nitrogens with one attached hydrogen (secondary N) is 2. The molecule has 0 spiro atoms. The van der Waals surface area contributed by atoms with Crippen LogP contribution in [0, 0.1) is 0 Å². The summed E-state index contributed by atoms with van der Waals surface area (Å²) in [6.07, 6.45) is 2.67. The fourth-order valence-electron chi connectivity index (χ4n) is 2.95. The lowest BCUT2D eigenvalue weighted by Gasteiger charge is -2.25. The Morgan fingerprint density at radius 2 is 2.30 bits per heavy atom. The third kappa shape index (κ3) is 5.68. The van der Waals surface area contributed by atoms with Gasteiger partial charge in [0.1, 0.15) is 17.7 Å². The lowest BCUT2D eigenvalue weighted by atomic mass is 10.1. The number of fused-ring (bicyclic) bond motifs is 1. The molecule has 150 valence electrons. The number of aromatic nitrogens is 3. The molecule has 0 radical (unpaired) electrons. The zero-order valence-electron chi connectivity index (χ0n) is 16.1. The molecule has 8 nitrogen and oxygen atoms in total. The van der Waals surface area contributed by atoms with Crippen molar-refractivity contribution in [2.24, 2.45) is 4.99 Å². The number of rotatable bonds is 6. The highest BCUT2D eigenvalue weighted by Crippen LogP contribution is 2.17. The average Bonchev–Trinajstić information content (AvgIpc) is 3.28. The van der Waals surface area contributed by atoms with E-state index in [9.17, 15) is 5.11 Å². The Labute approximate surface area is 176 Å². The number of guanidine groups is 1. The maximum absolute atomic E-state index is 10.1. The van der Waals surface area contributed by atoms with Gasteiger partial charge >= 0.3 is 0 Å². The molecule has 2 atom stereocenters. The second-order valence-corrected chi connectivity index (χ2v) is 6.85. The molecule has 1 aliphatic rings. The Hall–Kier alpha value is -1.62. The largest absolute Gasteiger partial charge is 0.467 e. The summed E-state index contributed by atoms with van der Waals surface area (Å²) in [5.74, 6) is 3.51. The second-order valence-electron chi connectivity index (χ2n) is 6.85. The first-order chi connectivity index (χ1) is 12.6. The van der Waals surface area contributed by atoms with Crippen molar-refractivity contribution in [3.05, 3.63) is 35.8 Å².